The molecule has 0 bridgehead atoms. The quantitative estimate of drug-likeness (QED) is 0.778. The van der Waals surface area contributed by atoms with E-state index >= 15 is 0 Å². The highest BCUT2D eigenvalue weighted by atomic mass is 32.1. The van der Waals surface area contributed by atoms with Gasteiger partial charge in [-0.1, -0.05) is 30.3 Å². The largest absolute Gasteiger partial charge is 0.478 e. The third kappa shape index (κ3) is 2.48. The number of aromatic carboxylic acids is 1. The summed E-state index contributed by atoms with van der Waals surface area (Å²) in [5, 5.41) is 12.5. The van der Waals surface area contributed by atoms with E-state index in [1.54, 1.807) is 18.2 Å². The summed E-state index contributed by atoms with van der Waals surface area (Å²) in [5.41, 5.74) is 0.605. The van der Waals surface area contributed by atoms with E-state index in [4.69, 9.17) is 5.11 Å². The summed E-state index contributed by atoms with van der Waals surface area (Å²) >= 11 is 1.24. The van der Waals surface area contributed by atoms with E-state index in [2.05, 4.69) is 9.69 Å². The van der Waals surface area contributed by atoms with Crippen LogP contribution in [0.5, 0.6) is 0 Å². The van der Waals surface area contributed by atoms with E-state index in [1.165, 1.54) is 17.6 Å². The van der Waals surface area contributed by atoms with Crippen LogP contribution in [0, 0.1) is 0 Å². The SMILES string of the molecule is O=C(O)c1ccccc1NC(=O)c1nsc2ccccc12. The fourth-order valence-corrected chi connectivity index (χ4v) is 2.78. The minimum Gasteiger partial charge on any atom is -0.478 e. The molecule has 0 saturated carbocycles. The molecule has 1 aromatic heterocycles. The van der Waals surface area contributed by atoms with Crippen molar-refractivity contribution >= 4 is 39.2 Å². The second kappa shape index (κ2) is 5.34. The molecule has 0 aliphatic carbocycles. The van der Waals surface area contributed by atoms with Crippen LogP contribution in [0.25, 0.3) is 10.1 Å². The molecular formula is C15H10N2O3S. The standard InChI is InChI=1S/C15H10N2O3S/c18-14(13-10-6-2-4-8-12(10)21-17-13)16-11-7-3-1-5-9(11)15(19)20/h1-8H,(H,16,18)(H,19,20). The number of anilines is 1. The Hall–Kier alpha value is -2.73. The number of nitrogens with one attached hydrogen (secondary N) is 1. The molecule has 0 radical (unpaired) electrons. The molecule has 3 aromatic rings. The van der Waals surface area contributed by atoms with Crippen LogP contribution in [0.3, 0.4) is 0 Å². The summed E-state index contributed by atoms with van der Waals surface area (Å²) in [5.74, 6) is -1.50. The number of fused-ring (bicyclic) bond motifs is 1. The Morgan fingerprint density at radius 1 is 1.05 bits per heavy atom. The predicted molar refractivity (Wildman–Crippen MR) is 81.0 cm³/mol. The van der Waals surface area contributed by atoms with Crippen molar-refractivity contribution in [2.45, 2.75) is 0 Å². The molecular weight excluding hydrogens is 288 g/mol. The van der Waals surface area contributed by atoms with Crippen molar-refractivity contribution in [2.75, 3.05) is 5.32 Å². The zero-order valence-electron chi connectivity index (χ0n) is 10.7. The Labute approximate surface area is 124 Å². The van der Waals surface area contributed by atoms with Crippen LogP contribution in [0.15, 0.2) is 48.5 Å². The van der Waals surface area contributed by atoms with Crippen LogP contribution in [-0.4, -0.2) is 21.4 Å². The van der Waals surface area contributed by atoms with Crippen LogP contribution < -0.4 is 5.32 Å². The molecule has 1 amide bonds. The summed E-state index contributed by atoms with van der Waals surface area (Å²) in [6, 6.07) is 13.7. The van der Waals surface area contributed by atoms with Crippen molar-refractivity contribution in [3.8, 4) is 0 Å². The first-order valence-electron chi connectivity index (χ1n) is 6.15. The van der Waals surface area contributed by atoms with Crippen LogP contribution in [-0.2, 0) is 0 Å². The van der Waals surface area contributed by atoms with Crippen molar-refractivity contribution in [1.29, 1.82) is 0 Å². The highest BCUT2D eigenvalue weighted by molar-refractivity contribution is 7.13. The molecule has 6 heteroatoms. The number of hydrogen-bond donors (Lipinski definition) is 2. The number of benzene rings is 2. The number of aromatic nitrogens is 1. The van der Waals surface area contributed by atoms with E-state index < -0.39 is 11.9 Å². The molecule has 2 aromatic carbocycles. The van der Waals surface area contributed by atoms with Gasteiger partial charge in [-0.25, -0.2) is 4.79 Å². The molecule has 2 N–H and O–H groups in total. The van der Waals surface area contributed by atoms with Gasteiger partial charge in [-0.05, 0) is 29.7 Å². The lowest BCUT2D eigenvalue weighted by Gasteiger charge is -2.06. The van der Waals surface area contributed by atoms with Crippen LogP contribution in [0.2, 0.25) is 0 Å². The molecule has 5 nitrogen and oxygen atoms in total. The predicted octanol–water partition coefficient (Wildman–Crippen LogP) is 3.25. The van der Waals surface area contributed by atoms with Crippen molar-refractivity contribution in [3.63, 3.8) is 0 Å². The van der Waals surface area contributed by atoms with Gasteiger partial charge in [0.05, 0.1) is 16.0 Å². The van der Waals surface area contributed by atoms with Gasteiger partial charge in [0.25, 0.3) is 5.91 Å². The smallest absolute Gasteiger partial charge is 0.337 e. The average Bonchev–Trinajstić information content (AvgIpc) is 2.91. The lowest BCUT2D eigenvalue weighted by atomic mass is 10.1. The number of carboxylic acid groups (broad SMARTS) is 1. The molecule has 0 aliphatic rings. The van der Waals surface area contributed by atoms with Crippen LogP contribution in [0.4, 0.5) is 5.69 Å². The Balaban J connectivity index is 1.96. The van der Waals surface area contributed by atoms with E-state index in [-0.39, 0.29) is 11.3 Å². The number of hydrogen-bond acceptors (Lipinski definition) is 4. The Kier molecular flexibility index (Phi) is 3.37. The minimum atomic E-state index is -1.09. The van der Waals surface area contributed by atoms with Gasteiger partial charge in [0.1, 0.15) is 5.69 Å². The maximum absolute atomic E-state index is 12.3. The number of rotatable bonds is 3. The Morgan fingerprint density at radius 3 is 2.57 bits per heavy atom. The molecule has 3 rings (SSSR count). The summed E-state index contributed by atoms with van der Waals surface area (Å²) in [6.45, 7) is 0. The second-order valence-corrected chi connectivity index (χ2v) is 5.14. The number of carbonyl (C=O) groups is 2. The topological polar surface area (TPSA) is 79.3 Å². The van der Waals surface area contributed by atoms with Gasteiger partial charge in [0, 0.05) is 5.39 Å². The van der Waals surface area contributed by atoms with Crippen molar-refractivity contribution < 1.29 is 14.7 Å². The number of nitrogens with zero attached hydrogens (tertiary/aromatic N) is 1. The Bertz CT molecular complexity index is 842. The molecule has 0 unspecified atom stereocenters. The highest BCUT2D eigenvalue weighted by Crippen LogP contribution is 2.23. The first-order chi connectivity index (χ1) is 10.2. The normalized spacial score (nSPS) is 10.5. The summed E-state index contributed by atoms with van der Waals surface area (Å²) in [7, 11) is 0. The van der Waals surface area contributed by atoms with Gasteiger partial charge < -0.3 is 10.4 Å². The van der Waals surface area contributed by atoms with Gasteiger partial charge in [-0.2, -0.15) is 4.37 Å². The number of carboxylic acids is 1. The van der Waals surface area contributed by atoms with Crippen LogP contribution in [0.1, 0.15) is 20.8 Å². The second-order valence-electron chi connectivity index (χ2n) is 4.33. The van der Waals surface area contributed by atoms with E-state index in [0.29, 0.717) is 5.69 Å². The van der Waals surface area contributed by atoms with Gasteiger partial charge >= 0.3 is 5.97 Å². The monoisotopic (exact) mass is 298 g/mol. The molecule has 0 fully saturated rings. The molecule has 0 saturated heterocycles. The van der Waals surface area contributed by atoms with Crippen molar-refractivity contribution in [3.05, 3.63) is 59.8 Å². The lowest BCUT2D eigenvalue weighted by molar-refractivity contribution is 0.0698. The first-order valence-corrected chi connectivity index (χ1v) is 6.92. The third-order valence-electron chi connectivity index (χ3n) is 3.00. The van der Waals surface area contributed by atoms with E-state index in [9.17, 15) is 9.59 Å². The van der Waals surface area contributed by atoms with E-state index in [0.717, 1.165) is 10.1 Å². The molecule has 21 heavy (non-hydrogen) atoms. The zero-order chi connectivity index (χ0) is 14.8. The van der Waals surface area contributed by atoms with Crippen LogP contribution >= 0.6 is 11.5 Å². The zero-order valence-corrected chi connectivity index (χ0v) is 11.6. The average molecular weight is 298 g/mol. The Morgan fingerprint density at radius 2 is 1.76 bits per heavy atom. The molecule has 0 aliphatic heterocycles. The molecule has 1 heterocycles. The number of carbonyl (C=O) groups excluding carboxylic acids is 1. The van der Waals surface area contributed by atoms with E-state index in [1.807, 2.05) is 24.3 Å². The van der Waals surface area contributed by atoms with Crippen molar-refractivity contribution in [2.24, 2.45) is 0 Å². The molecule has 104 valence electrons. The minimum absolute atomic E-state index is 0.0467. The first kappa shape index (κ1) is 13.3. The van der Waals surface area contributed by atoms with Gasteiger partial charge in [-0.15, -0.1) is 0 Å². The summed E-state index contributed by atoms with van der Waals surface area (Å²) < 4.78 is 5.06. The maximum atomic E-state index is 12.3. The number of amides is 1. The summed E-state index contributed by atoms with van der Waals surface area (Å²) in [6.07, 6.45) is 0. The van der Waals surface area contributed by atoms with Gasteiger partial charge in [-0.3, -0.25) is 4.79 Å². The number of para-hydroxylation sites is 1. The maximum Gasteiger partial charge on any atom is 0.337 e. The fraction of sp³-hybridized carbons (Fsp3) is 0. The molecule has 0 spiro atoms. The highest BCUT2D eigenvalue weighted by Gasteiger charge is 2.17. The fourth-order valence-electron chi connectivity index (χ4n) is 2.01. The lowest BCUT2D eigenvalue weighted by Crippen LogP contribution is -2.15. The molecule has 0 atom stereocenters. The van der Waals surface area contributed by atoms with Gasteiger partial charge in [0.2, 0.25) is 0 Å². The summed E-state index contributed by atoms with van der Waals surface area (Å²) in [4.78, 5) is 23.4. The van der Waals surface area contributed by atoms with Gasteiger partial charge in [0.15, 0.2) is 0 Å². The third-order valence-corrected chi connectivity index (χ3v) is 3.82. The van der Waals surface area contributed by atoms with Crippen molar-refractivity contribution in [1.82, 2.24) is 4.37 Å².